The average molecular weight is 523 g/mol. The van der Waals surface area contributed by atoms with Gasteiger partial charge < -0.3 is 14.5 Å². The second kappa shape index (κ2) is 8.51. The summed E-state index contributed by atoms with van der Waals surface area (Å²) in [5, 5.41) is 0.984. The second-order valence-corrected chi connectivity index (χ2v) is 11.4. The number of hydrogen-bond acceptors (Lipinski definition) is 4. The summed E-state index contributed by atoms with van der Waals surface area (Å²) in [6.07, 6.45) is 3.56. The van der Waals surface area contributed by atoms with Crippen molar-refractivity contribution in [3.05, 3.63) is 63.3 Å². The molecule has 2 aliphatic heterocycles. The van der Waals surface area contributed by atoms with Gasteiger partial charge in [0.25, 0.3) is 0 Å². The Morgan fingerprint density at radius 1 is 1.15 bits per heavy atom. The Hall–Kier alpha value is -2.15. The molecule has 0 saturated carbocycles. The van der Waals surface area contributed by atoms with E-state index >= 15 is 0 Å². The highest BCUT2D eigenvalue weighted by Crippen LogP contribution is 2.45. The van der Waals surface area contributed by atoms with Crippen molar-refractivity contribution in [2.24, 2.45) is 5.92 Å². The van der Waals surface area contributed by atoms with Crippen LogP contribution < -0.4 is 4.74 Å². The zero-order valence-corrected chi connectivity index (χ0v) is 21.4. The maximum atomic E-state index is 13.5. The summed E-state index contributed by atoms with van der Waals surface area (Å²) in [5.74, 6) is 1.67. The van der Waals surface area contributed by atoms with E-state index in [1.54, 1.807) is 0 Å². The SMILES string of the molecule is CC1(C)c2cc(OCCC3CCN(C4COC4)CC3)ccc2C(=O)c2c1[nH]c1cc(Br)ccc21. The Bertz CT molecular complexity index is 1250. The van der Waals surface area contributed by atoms with E-state index < -0.39 is 0 Å². The van der Waals surface area contributed by atoms with Crippen LogP contribution in [0.4, 0.5) is 0 Å². The Morgan fingerprint density at radius 2 is 1.94 bits per heavy atom. The van der Waals surface area contributed by atoms with E-state index in [1.165, 1.54) is 25.9 Å². The minimum absolute atomic E-state index is 0.0908. The number of fused-ring (bicyclic) bond motifs is 4. The van der Waals surface area contributed by atoms with Crippen molar-refractivity contribution in [2.45, 2.75) is 44.6 Å². The molecule has 0 radical (unpaired) electrons. The quantitative estimate of drug-likeness (QED) is 0.468. The highest BCUT2D eigenvalue weighted by atomic mass is 79.9. The second-order valence-electron chi connectivity index (χ2n) is 10.5. The third-order valence-corrected chi connectivity index (χ3v) is 8.60. The number of nitrogens with one attached hydrogen (secondary N) is 1. The molecule has 0 amide bonds. The molecule has 3 aliphatic rings. The minimum atomic E-state index is -0.318. The summed E-state index contributed by atoms with van der Waals surface area (Å²) in [4.78, 5) is 19.6. The van der Waals surface area contributed by atoms with Gasteiger partial charge in [0.05, 0.1) is 31.4 Å². The zero-order chi connectivity index (χ0) is 23.4. The van der Waals surface area contributed by atoms with Crippen LogP contribution >= 0.6 is 15.9 Å². The molecule has 0 unspecified atom stereocenters. The molecule has 2 aromatic carbocycles. The molecule has 1 aliphatic carbocycles. The van der Waals surface area contributed by atoms with Crippen molar-refractivity contribution in [2.75, 3.05) is 32.9 Å². The monoisotopic (exact) mass is 522 g/mol. The fourth-order valence-electron chi connectivity index (χ4n) is 5.86. The number of carbonyl (C=O) groups excluding carboxylic acids is 1. The molecule has 2 fully saturated rings. The van der Waals surface area contributed by atoms with Gasteiger partial charge in [0.2, 0.25) is 0 Å². The fourth-order valence-corrected chi connectivity index (χ4v) is 6.22. The van der Waals surface area contributed by atoms with Crippen LogP contribution in [0.3, 0.4) is 0 Å². The van der Waals surface area contributed by atoms with Crippen LogP contribution in [0.25, 0.3) is 10.9 Å². The van der Waals surface area contributed by atoms with Crippen molar-refractivity contribution in [1.29, 1.82) is 0 Å². The largest absolute Gasteiger partial charge is 0.494 e. The summed E-state index contributed by atoms with van der Waals surface area (Å²) in [7, 11) is 0. The van der Waals surface area contributed by atoms with Gasteiger partial charge in [-0.05, 0) is 74.2 Å². The van der Waals surface area contributed by atoms with Crippen molar-refractivity contribution in [1.82, 2.24) is 9.88 Å². The molecule has 3 aromatic rings. The van der Waals surface area contributed by atoms with E-state index in [0.29, 0.717) is 6.04 Å². The van der Waals surface area contributed by atoms with Crippen LogP contribution in [0.1, 0.15) is 60.3 Å². The molecule has 3 heterocycles. The van der Waals surface area contributed by atoms with Gasteiger partial charge in [-0.3, -0.25) is 9.69 Å². The van der Waals surface area contributed by atoms with Crippen molar-refractivity contribution < 1.29 is 14.3 Å². The molecule has 5 nitrogen and oxygen atoms in total. The molecule has 2 saturated heterocycles. The van der Waals surface area contributed by atoms with Crippen LogP contribution in [0.5, 0.6) is 5.75 Å². The normalized spacial score (nSPS) is 20.7. The number of carbonyl (C=O) groups is 1. The number of halogens is 1. The summed E-state index contributed by atoms with van der Waals surface area (Å²) in [5.41, 5.74) is 4.26. The lowest BCUT2D eigenvalue weighted by atomic mass is 9.71. The first-order chi connectivity index (χ1) is 16.4. The molecule has 178 valence electrons. The number of nitrogens with zero attached hydrogens (tertiary/aromatic N) is 1. The van der Waals surface area contributed by atoms with E-state index in [-0.39, 0.29) is 11.2 Å². The number of ketones is 1. The number of ether oxygens (including phenoxy) is 2. The Balaban J connectivity index is 1.17. The molecule has 34 heavy (non-hydrogen) atoms. The van der Waals surface area contributed by atoms with Gasteiger partial charge in [-0.25, -0.2) is 0 Å². The van der Waals surface area contributed by atoms with Crippen molar-refractivity contribution in [3.63, 3.8) is 0 Å². The van der Waals surface area contributed by atoms with Gasteiger partial charge in [-0.15, -0.1) is 0 Å². The highest BCUT2D eigenvalue weighted by molar-refractivity contribution is 9.10. The zero-order valence-electron chi connectivity index (χ0n) is 19.8. The average Bonchev–Trinajstić information content (AvgIpc) is 3.18. The molecule has 1 aromatic heterocycles. The van der Waals surface area contributed by atoms with Gasteiger partial charge >= 0.3 is 0 Å². The molecule has 0 bridgehead atoms. The first-order valence-electron chi connectivity index (χ1n) is 12.4. The standard InChI is InChI=1S/C28H31BrN2O3/c1-28(2)23-14-20(34-12-9-17-7-10-31(11-8-17)19-15-33-16-19)4-6-21(23)26(32)25-22-5-3-18(29)13-24(22)30-27(25)28/h3-6,13-14,17,19,30H,7-12,15-16H2,1-2H3. The first-order valence-corrected chi connectivity index (χ1v) is 13.2. The topological polar surface area (TPSA) is 54.6 Å². The molecule has 6 rings (SSSR count). The number of aromatic amines is 1. The van der Waals surface area contributed by atoms with Crippen LogP contribution in [-0.4, -0.2) is 54.6 Å². The molecule has 6 heteroatoms. The Kier molecular flexibility index (Phi) is 5.58. The number of H-pyrrole nitrogens is 1. The number of aromatic nitrogens is 1. The van der Waals surface area contributed by atoms with Gasteiger partial charge in [-0.2, -0.15) is 0 Å². The number of rotatable bonds is 5. The third-order valence-electron chi connectivity index (χ3n) is 8.10. The smallest absolute Gasteiger partial charge is 0.195 e. The molecular weight excluding hydrogens is 492 g/mol. The van der Waals surface area contributed by atoms with Crippen molar-refractivity contribution >= 4 is 32.6 Å². The lowest BCUT2D eigenvalue weighted by Gasteiger charge is -2.41. The van der Waals surface area contributed by atoms with Crippen LogP contribution in [0.2, 0.25) is 0 Å². The third kappa shape index (κ3) is 3.71. The maximum absolute atomic E-state index is 13.5. The maximum Gasteiger partial charge on any atom is 0.195 e. The summed E-state index contributed by atoms with van der Waals surface area (Å²) in [6.45, 7) is 9.26. The predicted molar refractivity (Wildman–Crippen MR) is 137 cm³/mol. The van der Waals surface area contributed by atoms with Crippen molar-refractivity contribution in [3.8, 4) is 5.75 Å². The summed E-state index contributed by atoms with van der Waals surface area (Å²) in [6, 6.07) is 12.7. The molecule has 0 atom stereocenters. The highest BCUT2D eigenvalue weighted by Gasteiger charge is 2.40. The summed E-state index contributed by atoms with van der Waals surface area (Å²) < 4.78 is 12.6. The molecule has 1 N–H and O–H groups in total. The Labute approximate surface area is 208 Å². The van der Waals surface area contributed by atoms with E-state index in [9.17, 15) is 4.79 Å². The van der Waals surface area contributed by atoms with Gasteiger partial charge in [0.15, 0.2) is 5.78 Å². The van der Waals surface area contributed by atoms with E-state index in [2.05, 4.69) is 45.7 Å². The summed E-state index contributed by atoms with van der Waals surface area (Å²) >= 11 is 3.55. The number of likely N-dealkylation sites (tertiary alicyclic amines) is 1. The van der Waals surface area contributed by atoms with Crippen LogP contribution in [-0.2, 0) is 10.2 Å². The van der Waals surface area contributed by atoms with Gasteiger partial charge in [0.1, 0.15) is 5.75 Å². The fraction of sp³-hybridized carbons (Fsp3) is 0.464. The molecular formula is C28H31BrN2O3. The van der Waals surface area contributed by atoms with Crippen LogP contribution in [0.15, 0.2) is 40.9 Å². The molecule has 0 spiro atoms. The Morgan fingerprint density at radius 3 is 2.68 bits per heavy atom. The lowest BCUT2D eigenvalue weighted by Crippen LogP contribution is -2.51. The van der Waals surface area contributed by atoms with E-state index in [1.807, 2.05) is 30.3 Å². The van der Waals surface area contributed by atoms with Gasteiger partial charge in [-0.1, -0.05) is 35.8 Å². The predicted octanol–water partition coefficient (Wildman–Crippen LogP) is 5.68. The number of benzene rings is 2. The minimum Gasteiger partial charge on any atom is -0.494 e. The number of piperidine rings is 1. The lowest BCUT2D eigenvalue weighted by molar-refractivity contribution is -0.0742. The first kappa shape index (κ1) is 22.3. The van der Waals surface area contributed by atoms with E-state index in [0.717, 1.165) is 75.7 Å². The van der Waals surface area contributed by atoms with Crippen LogP contribution in [0, 0.1) is 5.92 Å². The van der Waals surface area contributed by atoms with Gasteiger partial charge in [0, 0.05) is 32.0 Å². The van der Waals surface area contributed by atoms with E-state index in [4.69, 9.17) is 9.47 Å². The number of hydrogen-bond donors (Lipinski definition) is 1.